The van der Waals surface area contributed by atoms with Gasteiger partial charge in [0.2, 0.25) is 0 Å². The molecule has 0 spiro atoms. The molecule has 1 atom stereocenters. The van der Waals surface area contributed by atoms with Gasteiger partial charge in [0.05, 0.1) is 19.8 Å². The fraction of sp³-hybridized carbons (Fsp3) is 0.786. The number of esters is 1. The van der Waals surface area contributed by atoms with Crippen molar-refractivity contribution in [2.75, 3.05) is 33.0 Å². The molecule has 0 bridgehead atoms. The third-order valence-electron chi connectivity index (χ3n) is 2.24. The molecular formula is C14H26O5. The average molecular weight is 274 g/mol. The first kappa shape index (κ1) is 18.1. The number of hydrogen-bond acceptors (Lipinski definition) is 5. The molecule has 112 valence electrons. The molecule has 0 aliphatic rings. The molecule has 0 heterocycles. The van der Waals surface area contributed by atoms with Gasteiger partial charge in [-0.25, -0.2) is 4.79 Å². The van der Waals surface area contributed by atoms with Crippen LogP contribution in [0.1, 0.15) is 33.6 Å². The van der Waals surface area contributed by atoms with Crippen LogP contribution in [-0.4, -0.2) is 45.3 Å². The quantitative estimate of drug-likeness (QED) is 0.236. The molecule has 5 nitrogen and oxygen atoms in total. The molecule has 0 aliphatic heterocycles. The van der Waals surface area contributed by atoms with Crippen LogP contribution in [0.4, 0.5) is 0 Å². The first-order valence-electron chi connectivity index (χ1n) is 6.71. The molecule has 0 amide bonds. The van der Waals surface area contributed by atoms with Crippen LogP contribution in [0.3, 0.4) is 0 Å². The van der Waals surface area contributed by atoms with Crippen molar-refractivity contribution in [3.8, 4) is 0 Å². The minimum atomic E-state index is -0.391. The van der Waals surface area contributed by atoms with E-state index in [9.17, 15) is 4.79 Å². The minimum absolute atomic E-state index is 0.212. The molecular weight excluding hydrogens is 248 g/mol. The minimum Gasteiger partial charge on any atom is -0.460 e. The number of unbranched alkanes of at least 4 members (excludes halogenated alkanes) is 1. The van der Waals surface area contributed by atoms with Gasteiger partial charge < -0.3 is 18.9 Å². The van der Waals surface area contributed by atoms with Gasteiger partial charge in [-0.1, -0.05) is 19.9 Å². The van der Waals surface area contributed by atoms with E-state index in [0.717, 1.165) is 19.4 Å². The summed E-state index contributed by atoms with van der Waals surface area (Å²) in [5.74, 6) is -0.391. The lowest BCUT2D eigenvalue weighted by molar-refractivity contribution is -0.145. The van der Waals surface area contributed by atoms with Gasteiger partial charge in [0, 0.05) is 12.2 Å². The van der Waals surface area contributed by atoms with Crippen LogP contribution in [0.25, 0.3) is 0 Å². The van der Waals surface area contributed by atoms with Crippen LogP contribution >= 0.6 is 0 Å². The van der Waals surface area contributed by atoms with Crippen molar-refractivity contribution >= 4 is 5.97 Å². The molecule has 0 rings (SSSR count). The van der Waals surface area contributed by atoms with E-state index < -0.39 is 5.97 Å². The normalized spacial score (nSPS) is 12.2. The lowest BCUT2D eigenvalue weighted by Gasteiger charge is -2.13. The van der Waals surface area contributed by atoms with Gasteiger partial charge in [0.15, 0.2) is 6.29 Å². The first-order chi connectivity index (χ1) is 9.07. The van der Waals surface area contributed by atoms with Gasteiger partial charge in [-0.15, -0.1) is 0 Å². The Morgan fingerprint density at radius 3 is 2.37 bits per heavy atom. The van der Waals surface area contributed by atoms with Gasteiger partial charge in [-0.05, 0) is 20.3 Å². The Kier molecular flexibility index (Phi) is 11.6. The number of hydrogen-bond donors (Lipinski definition) is 0. The van der Waals surface area contributed by atoms with Crippen molar-refractivity contribution in [1.29, 1.82) is 0 Å². The maximum absolute atomic E-state index is 11.0. The summed E-state index contributed by atoms with van der Waals surface area (Å²) in [5, 5.41) is 0. The predicted octanol–water partition coefficient (Wildman–Crippen LogP) is 2.30. The van der Waals surface area contributed by atoms with E-state index in [1.54, 1.807) is 6.92 Å². The second kappa shape index (κ2) is 12.1. The second-order valence-corrected chi connectivity index (χ2v) is 4.19. The summed E-state index contributed by atoms with van der Waals surface area (Å²) in [6, 6.07) is 0. The summed E-state index contributed by atoms with van der Waals surface area (Å²) >= 11 is 0. The summed E-state index contributed by atoms with van der Waals surface area (Å²) in [6.07, 6.45) is 1.94. The molecule has 0 radical (unpaired) electrons. The Bertz CT molecular complexity index is 252. The second-order valence-electron chi connectivity index (χ2n) is 4.19. The third kappa shape index (κ3) is 11.9. The van der Waals surface area contributed by atoms with Crippen molar-refractivity contribution < 1.29 is 23.7 Å². The van der Waals surface area contributed by atoms with Crippen molar-refractivity contribution in [2.24, 2.45) is 0 Å². The van der Waals surface area contributed by atoms with Crippen LogP contribution in [0, 0.1) is 0 Å². The van der Waals surface area contributed by atoms with Crippen LogP contribution in [-0.2, 0) is 23.7 Å². The zero-order valence-corrected chi connectivity index (χ0v) is 12.3. The van der Waals surface area contributed by atoms with Gasteiger partial charge in [-0.3, -0.25) is 0 Å². The molecule has 0 N–H and O–H groups in total. The topological polar surface area (TPSA) is 54.0 Å². The largest absolute Gasteiger partial charge is 0.460 e. The lowest BCUT2D eigenvalue weighted by Crippen LogP contribution is -2.18. The highest BCUT2D eigenvalue weighted by Crippen LogP contribution is 1.97. The van der Waals surface area contributed by atoms with Crippen LogP contribution in [0.2, 0.25) is 0 Å². The summed E-state index contributed by atoms with van der Waals surface area (Å²) in [7, 11) is 0. The summed E-state index contributed by atoms with van der Waals surface area (Å²) < 4.78 is 20.9. The van der Waals surface area contributed by atoms with Crippen LogP contribution in [0.15, 0.2) is 12.2 Å². The smallest absolute Gasteiger partial charge is 0.333 e. The van der Waals surface area contributed by atoms with E-state index in [4.69, 9.17) is 18.9 Å². The Labute approximate surface area is 115 Å². The van der Waals surface area contributed by atoms with E-state index in [1.807, 2.05) is 6.92 Å². The van der Waals surface area contributed by atoms with E-state index in [-0.39, 0.29) is 12.9 Å². The van der Waals surface area contributed by atoms with Crippen LogP contribution < -0.4 is 0 Å². The fourth-order valence-electron chi connectivity index (χ4n) is 1.13. The van der Waals surface area contributed by atoms with E-state index in [1.165, 1.54) is 0 Å². The molecule has 0 aromatic heterocycles. The van der Waals surface area contributed by atoms with Crippen molar-refractivity contribution in [3.05, 3.63) is 12.2 Å². The Hall–Kier alpha value is -0.910. The summed E-state index contributed by atoms with van der Waals surface area (Å²) in [4.78, 5) is 11.0. The van der Waals surface area contributed by atoms with Gasteiger partial charge in [0.1, 0.15) is 6.61 Å². The molecule has 0 aromatic rings. The molecule has 0 fully saturated rings. The Morgan fingerprint density at radius 2 is 1.74 bits per heavy atom. The first-order valence-corrected chi connectivity index (χ1v) is 6.71. The lowest BCUT2D eigenvalue weighted by atomic mass is 10.4. The molecule has 0 saturated carbocycles. The maximum Gasteiger partial charge on any atom is 0.333 e. The number of carbonyl (C=O) groups is 1. The monoisotopic (exact) mass is 274 g/mol. The van der Waals surface area contributed by atoms with Crippen LogP contribution in [0.5, 0.6) is 0 Å². The number of carbonyl (C=O) groups excluding carboxylic acids is 1. The van der Waals surface area contributed by atoms with Gasteiger partial charge in [-0.2, -0.15) is 0 Å². The van der Waals surface area contributed by atoms with Crippen molar-refractivity contribution in [2.45, 2.75) is 39.9 Å². The number of ether oxygens (including phenoxy) is 4. The Balaban J connectivity index is 3.26. The highest BCUT2D eigenvalue weighted by Gasteiger charge is 2.03. The fourth-order valence-corrected chi connectivity index (χ4v) is 1.13. The molecule has 0 aliphatic carbocycles. The number of rotatable bonds is 12. The van der Waals surface area contributed by atoms with Gasteiger partial charge >= 0.3 is 5.97 Å². The van der Waals surface area contributed by atoms with Crippen molar-refractivity contribution in [3.63, 3.8) is 0 Å². The zero-order valence-electron chi connectivity index (χ0n) is 12.3. The molecule has 19 heavy (non-hydrogen) atoms. The highest BCUT2D eigenvalue weighted by molar-refractivity contribution is 5.86. The highest BCUT2D eigenvalue weighted by atomic mass is 16.7. The molecule has 1 unspecified atom stereocenters. The SMILES string of the molecule is C=C(C)C(=O)OCCOCCOC(C)OCCCC. The predicted molar refractivity (Wildman–Crippen MR) is 72.9 cm³/mol. The van der Waals surface area contributed by atoms with Gasteiger partial charge in [0.25, 0.3) is 0 Å². The maximum atomic E-state index is 11.0. The van der Waals surface area contributed by atoms with Crippen molar-refractivity contribution in [1.82, 2.24) is 0 Å². The van der Waals surface area contributed by atoms with E-state index >= 15 is 0 Å². The average Bonchev–Trinajstić information content (AvgIpc) is 2.37. The third-order valence-corrected chi connectivity index (χ3v) is 2.24. The molecule has 0 saturated heterocycles. The van der Waals surface area contributed by atoms with E-state index in [0.29, 0.717) is 25.4 Å². The summed E-state index contributed by atoms with van der Waals surface area (Å²) in [5.41, 5.74) is 0.390. The standard InChI is InChI=1S/C14H26O5/c1-5-6-7-17-13(4)18-10-8-16-9-11-19-14(15)12(2)3/h13H,2,5-11H2,1,3-4H3. The Morgan fingerprint density at radius 1 is 1.11 bits per heavy atom. The zero-order chi connectivity index (χ0) is 14.5. The summed E-state index contributed by atoms with van der Waals surface area (Å²) in [6.45, 7) is 11.3. The molecule has 5 heteroatoms. The molecule has 0 aromatic carbocycles. The van der Waals surface area contributed by atoms with E-state index in [2.05, 4.69) is 13.5 Å².